The van der Waals surface area contributed by atoms with Crippen LogP contribution in [-0.2, 0) is 16.1 Å². The van der Waals surface area contributed by atoms with Gasteiger partial charge in [-0.15, -0.1) is 0 Å². The number of nitrogens with one attached hydrogen (secondary N) is 3. The molecule has 136 valence electrons. The quantitative estimate of drug-likeness (QED) is 0.495. The maximum atomic E-state index is 12.1. The average molecular weight is 348 g/mol. The molecule has 8 nitrogen and oxygen atoms in total. The lowest BCUT2D eigenvalue weighted by molar-refractivity contribution is -0.119. The van der Waals surface area contributed by atoms with Gasteiger partial charge < -0.3 is 20.7 Å². The molecule has 0 aromatic heterocycles. The summed E-state index contributed by atoms with van der Waals surface area (Å²) in [6.45, 7) is 5.57. The smallest absolute Gasteiger partial charge is 0.407 e. The van der Waals surface area contributed by atoms with Crippen LogP contribution in [0, 0.1) is 5.92 Å². The molecule has 0 aliphatic heterocycles. The predicted octanol–water partition coefficient (Wildman–Crippen LogP) is 2.31. The predicted molar refractivity (Wildman–Crippen MR) is 95.7 cm³/mol. The fourth-order valence-corrected chi connectivity index (χ4v) is 1.96. The van der Waals surface area contributed by atoms with Crippen molar-refractivity contribution in [3.63, 3.8) is 0 Å². The number of carbonyl (C=O) groups is 3. The molecule has 0 spiro atoms. The monoisotopic (exact) mass is 348 g/mol. The summed E-state index contributed by atoms with van der Waals surface area (Å²) in [5.74, 6) is -0.285. The van der Waals surface area contributed by atoms with E-state index in [0.29, 0.717) is 25.1 Å². The summed E-state index contributed by atoms with van der Waals surface area (Å²) in [7, 11) is 1.49. The first-order valence-electron chi connectivity index (χ1n) is 7.95. The van der Waals surface area contributed by atoms with E-state index in [1.807, 2.05) is 6.92 Å². The lowest BCUT2D eigenvalue weighted by Crippen LogP contribution is -2.24. The fourth-order valence-electron chi connectivity index (χ4n) is 1.96. The van der Waals surface area contributed by atoms with Crippen LogP contribution >= 0.6 is 0 Å². The molecule has 0 unspecified atom stereocenters. The molecule has 0 aliphatic carbocycles. The van der Waals surface area contributed by atoms with Crippen LogP contribution in [0.1, 0.15) is 25.3 Å². The minimum Gasteiger partial charge on any atom is -0.445 e. The van der Waals surface area contributed by atoms with E-state index in [1.165, 1.54) is 7.05 Å². The molecule has 1 rings (SSSR count). The van der Waals surface area contributed by atoms with Gasteiger partial charge in [-0.05, 0) is 37.3 Å². The van der Waals surface area contributed by atoms with Crippen LogP contribution in [0.3, 0.4) is 0 Å². The van der Waals surface area contributed by atoms with Crippen LogP contribution in [0.15, 0.2) is 29.3 Å². The molecule has 4 amide bonds. The van der Waals surface area contributed by atoms with Crippen LogP contribution in [0.5, 0.6) is 0 Å². The highest BCUT2D eigenvalue weighted by atomic mass is 16.5. The van der Waals surface area contributed by atoms with Crippen molar-refractivity contribution in [2.75, 3.05) is 18.9 Å². The molecular weight excluding hydrogens is 324 g/mol. The number of alkyl carbamates (subject to hydrolysis) is 1. The van der Waals surface area contributed by atoms with Crippen LogP contribution < -0.4 is 16.0 Å². The molecule has 25 heavy (non-hydrogen) atoms. The van der Waals surface area contributed by atoms with Crippen LogP contribution in [0.2, 0.25) is 0 Å². The van der Waals surface area contributed by atoms with Gasteiger partial charge in [0.2, 0.25) is 5.91 Å². The molecule has 0 radical (unpaired) electrons. The van der Waals surface area contributed by atoms with Gasteiger partial charge in [-0.25, -0.2) is 14.6 Å². The molecule has 0 bridgehead atoms. The second-order valence-electron chi connectivity index (χ2n) is 5.45. The molecule has 0 heterocycles. The Kier molecular flexibility index (Phi) is 8.70. The normalized spacial score (nSPS) is 11.1. The summed E-state index contributed by atoms with van der Waals surface area (Å²) in [4.78, 5) is 37.3. The molecule has 1 aromatic carbocycles. The number of rotatable bonds is 8. The van der Waals surface area contributed by atoms with Crippen LogP contribution in [-0.4, -0.2) is 38.3 Å². The Bertz CT molecular complexity index is 601. The third-order valence-corrected chi connectivity index (χ3v) is 3.48. The number of ether oxygens (including phenoxy) is 1. The Hall–Kier alpha value is -2.90. The Morgan fingerprint density at radius 1 is 1.24 bits per heavy atom. The molecule has 0 fully saturated rings. The molecule has 3 N–H and O–H groups in total. The number of hydrogen-bond acceptors (Lipinski definition) is 4. The van der Waals surface area contributed by atoms with E-state index in [2.05, 4.69) is 27.7 Å². The van der Waals surface area contributed by atoms with E-state index in [0.717, 1.165) is 5.56 Å². The third-order valence-electron chi connectivity index (χ3n) is 3.48. The van der Waals surface area contributed by atoms with Crippen molar-refractivity contribution in [2.45, 2.75) is 26.4 Å². The first kappa shape index (κ1) is 20.1. The zero-order valence-corrected chi connectivity index (χ0v) is 14.5. The molecule has 0 aliphatic rings. The SMILES string of the molecule is C=NC(=O)NCCC[C@H](C)C(=O)Nc1ccc(COC(=O)NC)cc1. The molecule has 0 saturated heterocycles. The van der Waals surface area contributed by atoms with Gasteiger partial charge in [-0.1, -0.05) is 19.1 Å². The summed E-state index contributed by atoms with van der Waals surface area (Å²) in [6, 6.07) is 6.60. The van der Waals surface area contributed by atoms with E-state index in [4.69, 9.17) is 4.74 Å². The standard InChI is InChI=1S/C17H24N4O4/c1-12(5-4-10-20-16(23)18-2)15(22)21-14-8-6-13(7-9-14)11-25-17(24)19-3/h6-9,12H,2,4-5,10-11H2,1,3H3,(H,19,24)(H,20,23)(H,21,22)/t12-/m0/s1. The molecule has 8 heteroatoms. The van der Waals surface area contributed by atoms with Gasteiger partial charge in [0.05, 0.1) is 0 Å². The van der Waals surface area contributed by atoms with Gasteiger partial charge in [-0.3, -0.25) is 4.79 Å². The molecule has 1 aromatic rings. The molecule has 1 atom stereocenters. The Balaban J connectivity index is 2.36. The number of carbonyl (C=O) groups excluding carboxylic acids is 3. The highest BCUT2D eigenvalue weighted by Crippen LogP contribution is 2.13. The average Bonchev–Trinajstić information content (AvgIpc) is 2.63. The van der Waals surface area contributed by atoms with Crippen molar-refractivity contribution < 1.29 is 19.1 Å². The highest BCUT2D eigenvalue weighted by molar-refractivity contribution is 5.92. The first-order chi connectivity index (χ1) is 12.0. The molecular formula is C17H24N4O4. The second kappa shape index (κ2) is 10.8. The zero-order chi connectivity index (χ0) is 18.7. The lowest BCUT2D eigenvalue weighted by Gasteiger charge is -2.12. The van der Waals surface area contributed by atoms with E-state index in [1.54, 1.807) is 24.3 Å². The minimum absolute atomic E-state index is 0.0949. The molecule has 0 saturated carbocycles. The van der Waals surface area contributed by atoms with Gasteiger partial charge in [-0.2, -0.15) is 0 Å². The van der Waals surface area contributed by atoms with Crippen molar-refractivity contribution in [1.29, 1.82) is 0 Å². The van der Waals surface area contributed by atoms with Crippen molar-refractivity contribution in [2.24, 2.45) is 10.9 Å². The van der Waals surface area contributed by atoms with Crippen LogP contribution in [0.4, 0.5) is 15.3 Å². The number of anilines is 1. The maximum Gasteiger partial charge on any atom is 0.407 e. The van der Waals surface area contributed by atoms with E-state index >= 15 is 0 Å². The van der Waals surface area contributed by atoms with E-state index < -0.39 is 12.1 Å². The number of nitrogens with zero attached hydrogens (tertiary/aromatic N) is 1. The number of benzene rings is 1. The van der Waals surface area contributed by atoms with Gasteiger partial charge in [0.15, 0.2) is 0 Å². The third kappa shape index (κ3) is 7.96. The summed E-state index contributed by atoms with van der Waals surface area (Å²) < 4.78 is 4.94. The number of hydrogen-bond donors (Lipinski definition) is 3. The van der Waals surface area contributed by atoms with Crippen molar-refractivity contribution in [1.82, 2.24) is 10.6 Å². The Morgan fingerprint density at radius 2 is 1.92 bits per heavy atom. The number of aliphatic imine (C=N–C) groups is 1. The second-order valence-corrected chi connectivity index (χ2v) is 5.45. The summed E-state index contributed by atoms with van der Waals surface area (Å²) in [5, 5.41) is 7.76. The summed E-state index contributed by atoms with van der Waals surface area (Å²) in [5.41, 5.74) is 1.49. The topological polar surface area (TPSA) is 109 Å². The van der Waals surface area contributed by atoms with E-state index in [-0.39, 0.29) is 18.4 Å². The maximum absolute atomic E-state index is 12.1. The number of urea groups is 1. The summed E-state index contributed by atoms with van der Waals surface area (Å²) in [6.07, 6.45) is 0.818. The number of amides is 4. The van der Waals surface area contributed by atoms with Crippen molar-refractivity contribution in [3.8, 4) is 0 Å². The van der Waals surface area contributed by atoms with Crippen LogP contribution in [0.25, 0.3) is 0 Å². The first-order valence-corrected chi connectivity index (χ1v) is 7.95. The zero-order valence-electron chi connectivity index (χ0n) is 14.5. The van der Waals surface area contributed by atoms with Gasteiger partial charge in [0, 0.05) is 25.2 Å². The van der Waals surface area contributed by atoms with Crippen molar-refractivity contribution >= 4 is 30.4 Å². The largest absolute Gasteiger partial charge is 0.445 e. The fraction of sp³-hybridized carbons (Fsp3) is 0.412. The lowest BCUT2D eigenvalue weighted by atomic mass is 10.0. The van der Waals surface area contributed by atoms with Gasteiger partial charge >= 0.3 is 12.1 Å². The Labute approximate surface area is 147 Å². The highest BCUT2D eigenvalue weighted by Gasteiger charge is 2.13. The Morgan fingerprint density at radius 3 is 2.52 bits per heavy atom. The summed E-state index contributed by atoms with van der Waals surface area (Å²) >= 11 is 0. The van der Waals surface area contributed by atoms with Gasteiger partial charge in [0.1, 0.15) is 6.61 Å². The minimum atomic E-state index is -0.494. The van der Waals surface area contributed by atoms with Crippen molar-refractivity contribution in [3.05, 3.63) is 29.8 Å². The van der Waals surface area contributed by atoms with E-state index in [9.17, 15) is 14.4 Å². The van der Waals surface area contributed by atoms with Gasteiger partial charge in [0.25, 0.3) is 0 Å².